The highest BCUT2D eigenvalue weighted by molar-refractivity contribution is 5.82. The van der Waals surface area contributed by atoms with Crippen LogP contribution < -0.4 is 14.8 Å². The van der Waals surface area contributed by atoms with Gasteiger partial charge in [-0.25, -0.2) is 0 Å². The minimum absolute atomic E-state index is 0.0431. The second-order valence-corrected chi connectivity index (χ2v) is 6.81. The first-order valence-corrected chi connectivity index (χ1v) is 8.76. The maximum absolute atomic E-state index is 12.5. The molecule has 1 heterocycles. The molecule has 4 rings (SSSR count). The van der Waals surface area contributed by atoms with Gasteiger partial charge in [0.1, 0.15) is 18.0 Å². The van der Waals surface area contributed by atoms with E-state index in [1.807, 2.05) is 24.3 Å². The molecule has 1 aliphatic heterocycles. The fourth-order valence-corrected chi connectivity index (χ4v) is 3.62. The number of hydrogen-bond acceptors (Lipinski definition) is 5. The number of phenols is 1. The second kappa shape index (κ2) is 6.53. The Bertz CT molecular complexity index is 837. The Morgan fingerprint density at radius 1 is 1.23 bits per heavy atom. The molecule has 2 aromatic rings. The third-order valence-electron chi connectivity index (χ3n) is 4.99. The van der Waals surface area contributed by atoms with Crippen LogP contribution in [0.2, 0.25) is 0 Å². The maximum atomic E-state index is 12.5. The van der Waals surface area contributed by atoms with E-state index >= 15 is 0 Å². The lowest BCUT2D eigenvalue weighted by Crippen LogP contribution is -2.49. The third-order valence-corrected chi connectivity index (χ3v) is 4.99. The molecule has 136 valence electrons. The summed E-state index contributed by atoms with van der Waals surface area (Å²) >= 11 is 0. The first kappa shape index (κ1) is 16.7. The van der Waals surface area contributed by atoms with Crippen LogP contribution in [0.25, 0.3) is 0 Å². The molecule has 26 heavy (non-hydrogen) atoms. The van der Waals surface area contributed by atoms with Crippen molar-refractivity contribution in [2.45, 2.75) is 31.0 Å². The van der Waals surface area contributed by atoms with E-state index in [4.69, 9.17) is 9.47 Å². The number of carbonyl (C=O) groups is 1. The summed E-state index contributed by atoms with van der Waals surface area (Å²) in [7, 11) is 0. The molecule has 0 fully saturated rings. The number of fused-ring (bicyclic) bond motifs is 2. The summed E-state index contributed by atoms with van der Waals surface area (Å²) in [5, 5.41) is 23.4. The van der Waals surface area contributed by atoms with E-state index in [2.05, 4.69) is 5.32 Å². The Balaban J connectivity index is 1.43. The molecule has 6 heteroatoms. The Kier molecular flexibility index (Phi) is 4.20. The predicted molar refractivity (Wildman–Crippen MR) is 94.3 cm³/mol. The number of aliphatic hydroxyl groups is 1. The molecule has 0 spiro atoms. The van der Waals surface area contributed by atoms with Gasteiger partial charge in [0, 0.05) is 6.07 Å². The molecule has 2 atom stereocenters. The summed E-state index contributed by atoms with van der Waals surface area (Å²) in [6.07, 6.45) is 1.58. The summed E-state index contributed by atoms with van der Waals surface area (Å²) in [5.74, 6) is 0.516. The molecule has 3 N–H and O–H groups in total. The van der Waals surface area contributed by atoms with Gasteiger partial charge in [-0.1, -0.05) is 24.3 Å². The van der Waals surface area contributed by atoms with Gasteiger partial charge in [0.25, 0.3) is 5.91 Å². The zero-order chi connectivity index (χ0) is 18.1. The van der Waals surface area contributed by atoms with Crippen LogP contribution in [0.4, 0.5) is 0 Å². The number of rotatable bonds is 3. The van der Waals surface area contributed by atoms with Crippen molar-refractivity contribution in [3.05, 3.63) is 53.6 Å². The zero-order valence-corrected chi connectivity index (χ0v) is 14.3. The number of nitrogens with one attached hydrogen (secondary N) is 1. The number of amides is 1. The lowest BCUT2D eigenvalue weighted by Gasteiger charge is -2.35. The highest BCUT2D eigenvalue weighted by Gasteiger charge is 2.36. The maximum Gasteiger partial charge on any atom is 0.264 e. The Labute approximate surface area is 151 Å². The number of benzene rings is 2. The monoisotopic (exact) mass is 355 g/mol. The van der Waals surface area contributed by atoms with E-state index in [1.54, 1.807) is 6.07 Å². The van der Waals surface area contributed by atoms with Crippen LogP contribution in [0.15, 0.2) is 42.5 Å². The van der Waals surface area contributed by atoms with Crippen molar-refractivity contribution in [3.8, 4) is 17.2 Å². The number of ether oxygens (including phenoxy) is 2. The van der Waals surface area contributed by atoms with Gasteiger partial charge < -0.3 is 25.0 Å². The second-order valence-electron chi connectivity index (χ2n) is 6.81. The Hall–Kier alpha value is -2.73. The van der Waals surface area contributed by atoms with Gasteiger partial charge in [0.05, 0.1) is 6.54 Å². The summed E-state index contributed by atoms with van der Waals surface area (Å²) < 4.78 is 11.2. The zero-order valence-electron chi connectivity index (χ0n) is 14.3. The van der Waals surface area contributed by atoms with Crippen LogP contribution in [0.5, 0.6) is 17.2 Å². The van der Waals surface area contributed by atoms with Gasteiger partial charge in [0.15, 0.2) is 11.5 Å². The average Bonchev–Trinajstić information content (AvgIpc) is 2.66. The molecule has 2 unspecified atom stereocenters. The van der Waals surface area contributed by atoms with Crippen molar-refractivity contribution < 1.29 is 24.5 Å². The average molecular weight is 355 g/mol. The number of aryl methyl sites for hydroxylation is 1. The first-order chi connectivity index (χ1) is 12.5. The lowest BCUT2D eigenvalue weighted by molar-refractivity contribution is -0.131. The molecule has 0 saturated carbocycles. The summed E-state index contributed by atoms with van der Waals surface area (Å²) in [4.78, 5) is 12.5. The van der Waals surface area contributed by atoms with Crippen molar-refractivity contribution in [3.63, 3.8) is 0 Å². The minimum atomic E-state index is -1.07. The van der Waals surface area contributed by atoms with Crippen molar-refractivity contribution in [2.75, 3.05) is 13.2 Å². The van der Waals surface area contributed by atoms with Gasteiger partial charge in [-0.3, -0.25) is 4.79 Å². The van der Waals surface area contributed by atoms with Crippen molar-refractivity contribution in [1.82, 2.24) is 5.32 Å². The molecule has 1 amide bonds. The van der Waals surface area contributed by atoms with Gasteiger partial charge in [0.2, 0.25) is 6.10 Å². The first-order valence-electron chi connectivity index (χ1n) is 8.76. The third kappa shape index (κ3) is 3.08. The van der Waals surface area contributed by atoms with Crippen molar-refractivity contribution in [1.29, 1.82) is 0 Å². The fraction of sp³-hybridized carbons (Fsp3) is 0.350. The highest BCUT2D eigenvalue weighted by Crippen LogP contribution is 2.36. The van der Waals surface area contributed by atoms with Crippen LogP contribution in [0, 0.1) is 0 Å². The lowest BCUT2D eigenvalue weighted by atomic mass is 9.79. The van der Waals surface area contributed by atoms with Crippen LogP contribution in [0.3, 0.4) is 0 Å². The highest BCUT2D eigenvalue weighted by atomic mass is 16.6. The van der Waals surface area contributed by atoms with Gasteiger partial charge in [-0.15, -0.1) is 0 Å². The van der Waals surface area contributed by atoms with Crippen LogP contribution in [-0.4, -0.2) is 35.4 Å². The largest absolute Gasteiger partial charge is 0.508 e. The molecule has 1 aliphatic carbocycles. The molecular weight excluding hydrogens is 334 g/mol. The van der Waals surface area contributed by atoms with Crippen molar-refractivity contribution >= 4 is 5.91 Å². The van der Waals surface area contributed by atoms with E-state index < -0.39 is 11.7 Å². The van der Waals surface area contributed by atoms with Gasteiger partial charge in [-0.2, -0.15) is 0 Å². The van der Waals surface area contributed by atoms with Gasteiger partial charge >= 0.3 is 0 Å². The summed E-state index contributed by atoms with van der Waals surface area (Å²) in [6.45, 7) is 0.203. The predicted octanol–water partition coefficient (Wildman–Crippen LogP) is 1.87. The van der Waals surface area contributed by atoms with Crippen LogP contribution in [-0.2, 0) is 16.8 Å². The molecular formula is C20H21NO5. The Morgan fingerprint density at radius 2 is 2.08 bits per heavy atom. The molecule has 0 saturated heterocycles. The Morgan fingerprint density at radius 3 is 2.96 bits per heavy atom. The SMILES string of the molecule is O=C(NCC1(O)CCCc2ccccc21)C1COc2ccc(O)cc2O1. The van der Waals surface area contributed by atoms with Crippen LogP contribution >= 0.6 is 0 Å². The minimum Gasteiger partial charge on any atom is -0.508 e. The molecule has 0 radical (unpaired) electrons. The van der Waals surface area contributed by atoms with E-state index in [0.29, 0.717) is 17.9 Å². The summed E-state index contributed by atoms with van der Waals surface area (Å²) in [6, 6.07) is 12.3. The number of hydrogen-bond donors (Lipinski definition) is 3. The van der Waals surface area contributed by atoms with Crippen LogP contribution in [0.1, 0.15) is 24.0 Å². The quantitative estimate of drug-likeness (QED) is 0.782. The van der Waals surface area contributed by atoms with Gasteiger partial charge in [-0.05, 0) is 42.5 Å². The normalized spacial score (nSPS) is 23.8. The standard InChI is InChI=1S/C20H21NO5/c22-14-7-8-16-17(10-14)26-18(11-25-16)19(23)21-12-20(24)9-3-5-13-4-1-2-6-15(13)20/h1-2,4,6-8,10,18,22,24H,3,5,9,11-12H2,(H,21,23). The molecule has 2 aromatic carbocycles. The molecule has 0 aromatic heterocycles. The van der Waals surface area contributed by atoms with Crippen molar-refractivity contribution in [2.24, 2.45) is 0 Å². The molecule has 6 nitrogen and oxygen atoms in total. The molecule has 0 bridgehead atoms. The topological polar surface area (TPSA) is 88.0 Å². The number of phenolic OH excluding ortho intramolecular Hbond substituents is 1. The van der Waals surface area contributed by atoms with E-state index in [-0.39, 0.29) is 24.8 Å². The van der Waals surface area contributed by atoms with E-state index in [0.717, 1.165) is 24.0 Å². The fourth-order valence-electron chi connectivity index (χ4n) is 3.62. The summed E-state index contributed by atoms with van der Waals surface area (Å²) in [5.41, 5.74) is 0.927. The molecule has 2 aliphatic rings. The van der Waals surface area contributed by atoms with E-state index in [1.165, 1.54) is 12.1 Å². The number of carbonyl (C=O) groups excluding carboxylic acids is 1. The van der Waals surface area contributed by atoms with E-state index in [9.17, 15) is 15.0 Å². The number of aromatic hydroxyl groups is 1. The smallest absolute Gasteiger partial charge is 0.264 e.